The lowest BCUT2D eigenvalue weighted by atomic mass is 9.70. The normalized spacial score (nSPS) is 13.5. The van der Waals surface area contributed by atoms with Gasteiger partial charge in [-0.1, -0.05) is 103 Å². The van der Waals surface area contributed by atoms with E-state index in [1.807, 2.05) is 18.5 Å². The Kier molecular flexibility index (Phi) is 5.35. The summed E-state index contributed by atoms with van der Waals surface area (Å²) < 4.78 is 0.787. The van der Waals surface area contributed by atoms with Crippen LogP contribution in [0.1, 0.15) is 22.3 Å². The molecule has 0 saturated heterocycles. The van der Waals surface area contributed by atoms with Crippen LogP contribution in [-0.4, -0.2) is 15.0 Å². The van der Waals surface area contributed by atoms with Gasteiger partial charge in [-0.3, -0.25) is 9.97 Å². The van der Waals surface area contributed by atoms with Gasteiger partial charge in [0, 0.05) is 34.3 Å². The summed E-state index contributed by atoms with van der Waals surface area (Å²) in [5, 5.41) is 2.15. The molecule has 4 heteroatoms. The summed E-state index contributed by atoms with van der Waals surface area (Å²) in [6.45, 7) is 0. The number of halogens is 1. The summed E-state index contributed by atoms with van der Waals surface area (Å²) in [5.74, 6) is 0. The highest BCUT2D eigenvalue weighted by Gasteiger charge is 2.51. The first kappa shape index (κ1) is 25.8. The molecular formula is C42H24BrN3. The van der Waals surface area contributed by atoms with Crippen LogP contribution >= 0.6 is 15.9 Å². The molecule has 3 aromatic heterocycles. The highest BCUT2D eigenvalue weighted by atomic mass is 79.9. The number of benzene rings is 5. The average Bonchev–Trinajstić information content (AvgIpc) is 3.58. The number of pyridine rings is 3. The van der Waals surface area contributed by atoms with Crippen LogP contribution in [0.5, 0.6) is 0 Å². The van der Waals surface area contributed by atoms with E-state index in [1.54, 1.807) is 0 Å². The molecule has 0 aliphatic heterocycles. The lowest BCUT2D eigenvalue weighted by Crippen LogP contribution is -2.25. The third-order valence-corrected chi connectivity index (χ3v) is 10.2. The fraction of sp³-hybridized carbons (Fsp3) is 0.0238. The second-order valence-electron chi connectivity index (χ2n) is 12.1. The van der Waals surface area contributed by atoms with Gasteiger partial charge in [-0.2, -0.15) is 0 Å². The largest absolute Gasteiger partial charge is 0.254 e. The summed E-state index contributed by atoms with van der Waals surface area (Å²) in [6.07, 6.45) is 3.77. The Morgan fingerprint density at radius 1 is 0.457 bits per heavy atom. The summed E-state index contributed by atoms with van der Waals surface area (Å²) in [4.78, 5) is 14.5. The number of nitrogens with zero attached hydrogens (tertiary/aromatic N) is 3. The van der Waals surface area contributed by atoms with Crippen molar-refractivity contribution in [2.24, 2.45) is 0 Å². The number of hydrogen-bond acceptors (Lipinski definition) is 3. The minimum atomic E-state index is -0.386. The summed E-state index contributed by atoms with van der Waals surface area (Å²) in [7, 11) is 0. The standard InChI is InChI=1S/C42H24BrN3/c43-39-23-28(29-20-27-16-15-25-8-7-19-44-40(25)41(27)45-24-29)22-38(46-39)26-17-18-33-32-11-3-6-14-36(32)42(37(33)21-26)34-12-4-1-9-30(34)31-10-2-5-13-35(31)42/h1-24H. The van der Waals surface area contributed by atoms with Gasteiger partial charge in [0.05, 0.1) is 22.1 Å². The molecular weight excluding hydrogens is 626 g/mol. The molecule has 0 bridgehead atoms. The van der Waals surface area contributed by atoms with Crippen LogP contribution in [0, 0.1) is 0 Å². The van der Waals surface area contributed by atoms with Crippen molar-refractivity contribution in [1.29, 1.82) is 0 Å². The number of aromatic nitrogens is 3. The lowest BCUT2D eigenvalue weighted by Gasteiger charge is -2.30. The zero-order chi connectivity index (χ0) is 30.4. The van der Waals surface area contributed by atoms with Gasteiger partial charge >= 0.3 is 0 Å². The van der Waals surface area contributed by atoms with Gasteiger partial charge in [0.2, 0.25) is 0 Å². The Morgan fingerprint density at radius 3 is 1.80 bits per heavy atom. The first-order valence-corrected chi connectivity index (χ1v) is 16.2. The van der Waals surface area contributed by atoms with Crippen LogP contribution in [0.4, 0.5) is 0 Å². The fourth-order valence-corrected chi connectivity index (χ4v) is 8.40. The van der Waals surface area contributed by atoms with Crippen LogP contribution in [0.2, 0.25) is 0 Å². The van der Waals surface area contributed by atoms with Gasteiger partial charge < -0.3 is 0 Å². The molecule has 2 aliphatic carbocycles. The van der Waals surface area contributed by atoms with E-state index in [9.17, 15) is 0 Å². The van der Waals surface area contributed by atoms with Crippen molar-refractivity contribution in [2.45, 2.75) is 5.41 Å². The first-order chi connectivity index (χ1) is 22.7. The van der Waals surface area contributed by atoms with Crippen LogP contribution in [0.25, 0.3) is 66.4 Å². The maximum absolute atomic E-state index is 5.00. The minimum absolute atomic E-state index is 0.386. The van der Waals surface area contributed by atoms with Crippen molar-refractivity contribution >= 4 is 37.7 Å². The minimum Gasteiger partial charge on any atom is -0.254 e. The van der Waals surface area contributed by atoms with Gasteiger partial charge in [0.25, 0.3) is 0 Å². The van der Waals surface area contributed by atoms with Gasteiger partial charge in [-0.25, -0.2) is 4.98 Å². The highest BCUT2D eigenvalue weighted by Crippen LogP contribution is 2.63. The molecule has 8 aromatic rings. The van der Waals surface area contributed by atoms with E-state index >= 15 is 0 Å². The molecule has 5 aromatic carbocycles. The monoisotopic (exact) mass is 649 g/mol. The number of fused-ring (bicyclic) bond motifs is 13. The highest BCUT2D eigenvalue weighted by molar-refractivity contribution is 9.10. The summed E-state index contributed by atoms with van der Waals surface area (Å²) in [6, 6.07) is 48.4. The third kappa shape index (κ3) is 3.45. The smallest absolute Gasteiger partial charge is 0.107 e. The lowest BCUT2D eigenvalue weighted by molar-refractivity contribution is 0.794. The second-order valence-corrected chi connectivity index (χ2v) is 13.0. The van der Waals surface area contributed by atoms with Gasteiger partial charge in [-0.05, 0) is 96.3 Å². The van der Waals surface area contributed by atoms with Gasteiger partial charge in [-0.15, -0.1) is 0 Å². The van der Waals surface area contributed by atoms with Crippen LogP contribution in [-0.2, 0) is 5.41 Å². The molecule has 0 radical (unpaired) electrons. The predicted molar refractivity (Wildman–Crippen MR) is 190 cm³/mol. The van der Waals surface area contributed by atoms with E-state index in [0.717, 1.165) is 48.8 Å². The topological polar surface area (TPSA) is 38.7 Å². The van der Waals surface area contributed by atoms with Crippen LogP contribution in [0.15, 0.2) is 150 Å². The molecule has 0 N–H and O–H groups in total. The van der Waals surface area contributed by atoms with Crippen molar-refractivity contribution in [2.75, 3.05) is 0 Å². The molecule has 3 heterocycles. The Hall–Kier alpha value is -5.45. The van der Waals surface area contributed by atoms with Gasteiger partial charge in [0.1, 0.15) is 4.60 Å². The van der Waals surface area contributed by atoms with Crippen molar-refractivity contribution in [3.63, 3.8) is 0 Å². The van der Waals surface area contributed by atoms with Gasteiger partial charge in [0.15, 0.2) is 0 Å². The zero-order valence-electron chi connectivity index (χ0n) is 24.6. The molecule has 46 heavy (non-hydrogen) atoms. The maximum atomic E-state index is 5.00. The van der Waals surface area contributed by atoms with Crippen molar-refractivity contribution in [3.8, 4) is 44.6 Å². The fourth-order valence-electron chi connectivity index (χ4n) is 7.96. The van der Waals surface area contributed by atoms with Crippen LogP contribution in [0.3, 0.4) is 0 Å². The Bertz CT molecular complexity index is 2510. The van der Waals surface area contributed by atoms with E-state index in [2.05, 4.69) is 148 Å². The quantitative estimate of drug-likeness (QED) is 0.138. The Labute approximate surface area is 274 Å². The van der Waals surface area contributed by atoms with E-state index < -0.39 is 0 Å². The zero-order valence-corrected chi connectivity index (χ0v) is 26.2. The second kappa shape index (κ2) is 9.53. The number of rotatable bonds is 2. The van der Waals surface area contributed by atoms with E-state index in [1.165, 1.54) is 44.5 Å². The maximum Gasteiger partial charge on any atom is 0.107 e. The molecule has 0 unspecified atom stereocenters. The Morgan fingerprint density at radius 2 is 1.09 bits per heavy atom. The van der Waals surface area contributed by atoms with E-state index in [0.29, 0.717) is 0 Å². The van der Waals surface area contributed by atoms with Crippen molar-refractivity contribution in [3.05, 3.63) is 173 Å². The average molecular weight is 651 g/mol. The van der Waals surface area contributed by atoms with Crippen molar-refractivity contribution in [1.82, 2.24) is 15.0 Å². The number of hydrogen-bond donors (Lipinski definition) is 0. The van der Waals surface area contributed by atoms with Crippen molar-refractivity contribution < 1.29 is 0 Å². The first-order valence-electron chi connectivity index (χ1n) is 15.5. The summed E-state index contributed by atoms with van der Waals surface area (Å²) in [5.41, 5.74) is 16.1. The molecule has 0 fully saturated rings. The molecule has 0 saturated carbocycles. The predicted octanol–water partition coefficient (Wildman–Crippen LogP) is 10.6. The van der Waals surface area contributed by atoms with E-state index in [-0.39, 0.29) is 5.41 Å². The molecule has 0 amide bonds. The third-order valence-electron chi connectivity index (χ3n) is 9.84. The molecule has 10 rings (SSSR count). The molecule has 3 nitrogen and oxygen atoms in total. The molecule has 1 spiro atoms. The Balaban J connectivity index is 1.17. The summed E-state index contributed by atoms with van der Waals surface area (Å²) >= 11 is 3.74. The molecule has 214 valence electrons. The SMILES string of the molecule is Brc1cc(-c2cnc3c(ccc4cccnc43)c2)cc(-c2ccc3c(c2)C2(c4ccccc4-c4ccccc42)c2ccccc2-3)n1. The van der Waals surface area contributed by atoms with E-state index in [4.69, 9.17) is 9.97 Å². The van der Waals surface area contributed by atoms with Crippen LogP contribution < -0.4 is 0 Å². The molecule has 0 atom stereocenters. The molecule has 2 aliphatic rings.